The number of benzene rings is 1. The Hall–Kier alpha value is -0.740. The van der Waals surface area contributed by atoms with Crippen LogP contribution in [0.4, 0.5) is 4.39 Å². The molecular formula is C11H15FO2S. The quantitative estimate of drug-likeness (QED) is 0.842. The number of halogens is 1. The Labute approximate surface area is 93.5 Å². The zero-order valence-corrected chi connectivity index (χ0v) is 9.68. The zero-order chi connectivity index (χ0) is 11.3. The fourth-order valence-electron chi connectivity index (χ4n) is 1.09. The van der Waals surface area contributed by atoms with E-state index in [-0.39, 0.29) is 23.4 Å². The number of hydrogen-bond acceptors (Lipinski definition) is 3. The summed E-state index contributed by atoms with van der Waals surface area (Å²) in [4.78, 5) is 0. The van der Waals surface area contributed by atoms with Gasteiger partial charge in [0.2, 0.25) is 0 Å². The van der Waals surface area contributed by atoms with E-state index in [1.807, 2.05) is 13.0 Å². The van der Waals surface area contributed by atoms with Crippen LogP contribution < -0.4 is 4.74 Å². The van der Waals surface area contributed by atoms with Crippen molar-refractivity contribution in [3.8, 4) is 5.75 Å². The van der Waals surface area contributed by atoms with Crippen molar-refractivity contribution in [1.29, 1.82) is 0 Å². The first-order valence-electron chi connectivity index (χ1n) is 4.72. The summed E-state index contributed by atoms with van der Waals surface area (Å²) in [7, 11) is 1.45. The second kappa shape index (κ2) is 5.98. The first-order chi connectivity index (χ1) is 7.17. The fourth-order valence-corrected chi connectivity index (χ4v) is 1.85. The third-order valence-electron chi connectivity index (χ3n) is 2.01. The van der Waals surface area contributed by atoms with Crippen LogP contribution in [-0.2, 0) is 5.75 Å². The van der Waals surface area contributed by atoms with Gasteiger partial charge in [-0.15, -0.1) is 0 Å². The summed E-state index contributed by atoms with van der Waals surface area (Å²) in [6.45, 7) is 2.08. The molecule has 0 fully saturated rings. The number of thioether (sulfide) groups is 1. The summed E-state index contributed by atoms with van der Waals surface area (Å²) in [5.74, 6) is 0.619. The molecule has 0 saturated carbocycles. The van der Waals surface area contributed by atoms with Gasteiger partial charge in [0.1, 0.15) is 0 Å². The second-order valence-electron chi connectivity index (χ2n) is 3.27. The van der Waals surface area contributed by atoms with Gasteiger partial charge in [0.05, 0.1) is 13.7 Å². The molecule has 4 heteroatoms. The lowest BCUT2D eigenvalue weighted by Crippen LogP contribution is -2.02. The minimum absolute atomic E-state index is 0.142. The molecule has 15 heavy (non-hydrogen) atoms. The molecule has 2 nitrogen and oxygen atoms in total. The molecular weight excluding hydrogens is 215 g/mol. The van der Waals surface area contributed by atoms with Crippen LogP contribution in [0.25, 0.3) is 0 Å². The van der Waals surface area contributed by atoms with Crippen molar-refractivity contribution in [2.24, 2.45) is 0 Å². The standard InChI is InChI=1S/C11H15FO2S/c1-8(6-13)15-7-9-3-4-11(14-2)10(12)5-9/h3-5,8,13H,6-7H2,1-2H3. The molecule has 0 radical (unpaired) electrons. The van der Waals surface area contributed by atoms with Crippen LogP contribution in [0.2, 0.25) is 0 Å². The minimum atomic E-state index is -0.341. The van der Waals surface area contributed by atoms with Crippen LogP contribution in [0, 0.1) is 5.82 Å². The third-order valence-corrected chi connectivity index (χ3v) is 3.23. The normalized spacial score (nSPS) is 12.5. The third kappa shape index (κ3) is 3.72. The van der Waals surface area contributed by atoms with Gasteiger partial charge < -0.3 is 9.84 Å². The molecule has 1 N–H and O–H groups in total. The molecule has 0 aromatic heterocycles. The van der Waals surface area contributed by atoms with Crippen LogP contribution in [0.3, 0.4) is 0 Å². The maximum Gasteiger partial charge on any atom is 0.165 e. The van der Waals surface area contributed by atoms with Crippen molar-refractivity contribution in [3.63, 3.8) is 0 Å². The van der Waals surface area contributed by atoms with Gasteiger partial charge in [0.25, 0.3) is 0 Å². The molecule has 1 rings (SSSR count). The van der Waals surface area contributed by atoms with Gasteiger partial charge in [-0.05, 0) is 17.7 Å². The van der Waals surface area contributed by atoms with Crippen LogP contribution in [0.1, 0.15) is 12.5 Å². The Morgan fingerprint density at radius 1 is 1.53 bits per heavy atom. The second-order valence-corrected chi connectivity index (χ2v) is 4.70. The van der Waals surface area contributed by atoms with Gasteiger partial charge in [0, 0.05) is 11.0 Å². The van der Waals surface area contributed by atoms with Gasteiger partial charge in [-0.3, -0.25) is 0 Å². The monoisotopic (exact) mass is 230 g/mol. The Balaban J connectivity index is 2.59. The van der Waals surface area contributed by atoms with E-state index in [0.29, 0.717) is 5.75 Å². The molecule has 84 valence electrons. The maximum atomic E-state index is 13.3. The van der Waals surface area contributed by atoms with Gasteiger partial charge in [-0.25, -0.2) is 4.39 Å². The van der Waals surface area contributed by atoms with Crippen LogP contribution >= 0.6 is 11.8 Å². The summed E-state index contributed by atoms with van der Waals surface area (Å²) in [5, 5.41) is 9.01. The highest BCUT2D eigenvalue weighted by Crippen LogP contribution is 2.22. The zero-order valence-electron chi connectivity index (χ0n) is 8.87. The number of rotatable bonds is 5. The van der Waals surface area contributed by atoms with E-state index in [1.54, 1.807) is 17.8 Å². The Morgan fingerprint density at radius 2 is 2.27 bits per heavy atom. The first kappa shape index (κ1) is 12.3. The van der Waals surface area contributed by atoms with Crippen molar-refractivity contribution in [2.45, 2.75) is 17.9 Å². The Bertz CT molecular complexity index is 317. The molecule has 0 spiro atoms. The molecule has 0 bridgehead atoms. The lowest BCUT2D eigenvalue weighted by atomic mass is 10.2. The molecule has 1 aromatic rings. The van der Waals surface area contributed by atoms with E-state index in [2.05, 4.69) is 0 Å². The molecule has 1 atom stereocenters. The van der Waals surface area contributed by atoms with Crippen LogP contribution in [-0.4, -0.2) is 24.1 Å². The highest BCUT2D eigenvalue weighted by Gasteiger charge is 2.05. The van der Waals surface area contributed by atoms with E-state index in [1.165, 1.54) is 13.2 Å². The molecule has 0 heterocycles. The Morgan fingerprint density at radius 3 is 2.80 bits per heavy atom. The smallest absolute Gasteiger partial charge is 0.165 e. The summed E-state index contributed by atoms with van der Waals surface area (Å²) in [5.41, 5.74) is 0.901. The molecule has 0 amide bonds. The molecule has 0 aliphatic carbocycles. The Kier molecular flexibility index (Phi) is 4.91. The summed E-state index contributed by atoms with van der Waals surface area (Å²) in [6.07, 6.45) is 0. The van der Waals surface area contributed by atoms with Crippen molar-refractivity contribution < 1.29 is 14.2 Å². The average molecular weight is 230 g/mol. The van der Waals surface area contributed by atoms with Crippen molar-refractivity contribution in [1.82, 2.24) is 0 Å². The average Bonchev–Trinajstić information content (AvgIpc) is 2.26. The van der Waals surface area contributed by atoms with E-state index in [9.17, 15) is 4.39 Å². The van der Waals surface area contributed by atoms with Crippen LogP contribution in [0.5, 0.6) is 5.75 Å². The minimum Gasteiger partial charge on any atom is -0.494 e. The highest BCUT2D eigenvalue weighted by molar-refractivity contribution is 7.99. The topological polar surface area (TPSA) is 29.5 Å². The van der Waals surface area contributed by atoms with Crippen molar-refractivity contribution in [3.05, 3.63) is 29.6 Å². The van der Waals surface area contributed by atoms with Gasteiger partial charge in [0.15, 0.2) is 11.6 Å². The van der Waals surface area contributed by atoms with Crippen molar-refractivity contribution in [2.75, 3.05) is 13.7 Å². The summed E-state index contributed by atoms with van der Waals surface area (Å²) < 4.78 is 18.1. The first-order valence-corrected chi connectivity index (χ1v) is 5.77. The largest absolute Gasteiger partial charge is 0.494 e. The molecule has 0 aliphatic rings. The predicted molar refractivity (Wildman–Crippen MR) is 60.8 cm³/mol. The summed E-state index contributed by atoms with van der Waals surface area (Å²) in [6, 6.07) is 4.92. The fraction of sp³-hybridized carbons (Fsp3) is 0.455. The lowest BCUT2D eigenvalue weighted by Gasteiger charge is -2.08. The number of hydrogen-bond donors (Lipinski definition) is 1. The van der Waals surface area contributed by atoms with Gasteiger partial charge in [-0.2, -0.15) is 11.8 Å². The molecule has 0 aliphatic heterocycles. The molecule has 1 unspecified atom stereocenters. The van der Waals surface area contributed by atoms with E-state index < -0.39 is 0 Å². The number of ether oxygens (including phenoxy) is 1. The molecule has 1 aromatic carbocycles. The number of aliphatic hydroxyl groups excluding tert-OH is 1. The SMILES string of the molecule is COc1ccc(CSC(C)CO)cc1F. The molecule has 0 saturated heterocycles. The van der Waals surface area contributed by atoms with E-state index in [0.717, 1.165) is 5.56 Å². The number of methoxy groups -OCH3 is 1. The number of aliphatic hydroxyl groups is 1. The predicted octanol–water partition coefficient (Wildman–Crippen LogP) is 2.45. The van der Waals surface area contributed by atoms with Gasteiger partial charge >= 0.3 is 0 Å². The lowest BCUT2D eigenvalue weighted by molar-refractivity contribution is 0.300. The summed E-state index contributed by atoms with van der Waals surface area (Å²) >= 11 is 1.59. The van der Waals surface area contributed by atoms with E-state index in [4.69, 9.17) is 9.84 Å². The maximum absolute atomic E-state index is 13.3. The van der Waals surface area contributed by atoms with Crippen molar-refractivity contribution >= 4 is 11.8 Å². The van der Waals surface area contributed by atoms with E-state index >= 15 is 0 Å². The van der Waals surface area contributed by atoms with Crippen LogP contribution in [0.15, 0.2) is 18.2 Å². The highest BCUT2D eigenvalue weighted by atomic mass is 32.2. The van der Waals surface area contributed by atoms with Gasteiger partial charge in [-0.1, -0.05) is 13.0 Å².